The van der Waals surface area contributed by atoms with Gasteiger partial charge < -0.3 is 19.6 Å². The lowest BCUT2D eigenvalue weighted by molar-refractivity contribution is -0.169. The van der Waals surface area contributed by atoms with Gasteiger partial charge in [0, 0.05) is 13.5 Å². The van der Waals surface area contributed by atoms with Crippen molar-refractivity contribution in [2.45, 2.75) is 38.6 Å². The number of guanidine groups is 1. The average Bonchev–Trinajstić information content (AvgIpc) is 2.81. The maximum absolute atomic E-state index is 12.6. The van der Waals surface area contributed by atoms with Crippen molar-refractivity contribution >= 4 is 24.0 Å². The van der Waals surface area contributed by atoms with Gasteiger partial charge in [0.25, 0.3) is 0 Å². The molecule has 1 atom stereocenters. The third-order valence-corrected chi connectivity index (χ3v) is 4.82. The van der Waals surface area contributed by atoms with Crippen LogP contribution in [0.2, 0.25) is 0 Å². The van der Waals surface area contributed by atoms with Crippen LogP contribution >= 0.6 is 0 Å². The summed E-state index contributed by atoms with van der Waals surface area (Å²) in [6.07, 6.45) is 0.239. The predicted octanol–water partition coefficient (Wildman–Crippen LogP) is 3.49. The topological polar surface area (TPSA) is 120 Å². The summed E-state index contributed by atoms with van der Waals surface area (Å²) in [5, 5.41) is 18.6. The lowest BCUT2D eigenvalue weighted by atomic mass is 10.1. The molecule has 2 rings (SSSR count). The van der Waals surface area contributed by atoms with Crippen LogP contribution in [-0.2, 0) is 32.0 Å². The van der Waals surface area contributed by atoms with Crippen LogP contribution < -0.4 is 0 Å². The normalized spacial score (nSPS) is 11.2. The zero-order valence-corrected chi connectivity index (χ0v) is 18.8. The molecule has 2 aromatic rings. The molecule has 9 nitrogen and oxygen atoms in total. The van der Waals surface area contributed by atoms with Crippen LogP contribution in [-0.4, -0.2) is 58.8 Å². The maximum atomic E-state index is 12.6. The van der Waals surface area contributed by atoms with E-state index in [2.05, 4.69) is 0 Å². The second-order valence-corrected chi connectivity index (χ2v) is 7.37. The van der Waals surface area contributed by atoms with E-state index in [9.17, 15) is 19.5 Å². The Balaban J connectivity index is 2.19. The van der Waals surface area contributed by atoms with Crippen LogP contribution in [0.15, 0.2) is 60.7 Å². The smallest absolute Gasteiger partial charge is 0.451 e. The summed E-state index contributed by atoms with van der Waals surface area (Å²) in [6, 6.07) is 16.5. The molecule has 0 aliphatic rings. The summed E-state index contributed by atoms with van der Waals surface area (Å²) >= 11 is 0. The van der Waals surface area contributed by atoms with Crippen LogP contribution in [0, 0.1) is 5.41 Å². The SMILES string of the molecule is CCCCOC(=O)N(OC(=O)Cc1ccccc1)C(=N)N(C)C(Cc1ccccc1)C(=O)O. The molecule has 0 saturated carbocycles. The fourth-order valence-electron chi connectivity index (χ4n) is 2.94. The summed E-state index contributed by atoms with van der Waals surface area (Å²) < 4.78 is 5.12. The van der Waals surface area contributed by atoms with Gasteiger partial charge >= 0.3 is 18.0 Å². The molecule has 0 spiro atoms. The third-order valence-electron chi connectivity index (χ3n) is 4.82. The molecule has 0 fully saturated rings. The minimum absolute atomic E-state index is 0.0748. The van der Waals surface area contributed by atoms with Gasteiger partial charge in [-0.3, -0.25) is 5.41 Å². The lowest BCUT2D eigenvalue weighted by Crippen LogP contribution is -2.52. The van der Waals surface area contributed by atoms with Crippen LogP contribution in [0.3, 0.4) is 0 Å². The van der Waals surface area contributed by atoms with E-state index in [0.717, 1.165) is 16.9 Å². The Labute approximate surface area is 193 Å². The quantitative estimate of drug-likeness (QED) is 0.257. The number of carboxylic acids is 1. The van der Waals surface area contributed by atoms with E-state index in [-0.39, 0.29) is 19.4 Å². The number of rotatable bonds is 9. The average molecular weight is 456 g/mol. The molecule has 2 aromatic carbocycles. The largest absolute Gasteiger partial charge is 0.480 e. The van der Waals surface area contributed by atoms with E-state index < -0.39 is 30.0 Å². The van der Waals surface area contributed by atoms with Crippen LogP contribution in [0.4, 0.5) is 4.79 Å². The lowest BCUT2D eigenvalue weighted by Gasteiger charge is -2.31. The first-order valence-corrected chi connectivity index (χ1v) is 10.6. The first-order valence-electron chi connectivity index (χ1n) is 10.6. The number of carbonyl (C=O) groups is 3. The van der Waals surface area contributed by atoms with Crippen molar-refractivity contribution in [3.8, 4) is 0 Å². The summed E-state index contributed by atoms with van der Waals surface area (Å²) in [4.78, 5) is 43.3. The molecule has 1 amide bonds. The predicted molar refractivity (Wildman–Crippen MR) is 121 cm³/mol. The fraction of sp³-hybridized carbons (Fsp3) is 0.333. The van der Waals surface area contributed by atoms with Crippen molar-refractivity contribution in [3.05, 3.63) is 71.8 Å². The zero-order valence-electron chi connectivity index (χ0n) is 18.8. The first-order chi connectivity index (χ1) is 15.8. The Morgan fingerprint density at radius 1 is 1.00 bits per heavy atom. The molecule has 33 heavy (non-hydrogen) atoms. The van der Waals surface area contributed by atoms with Gasteiger partial charge in [0.1, 0.15) is 6.04 Å². The molecule has 0 aromatic heterocycles. The molecule has 0 aliphatic heterocycles. The van der Waals surface area contributed by atoms with Crippen LogP contribution in [0.1, 0.15) is 30.9 Å². The maximum Gasteiger partial charge on any atom is 0.451 e. The Bertz CT molecular complexity index is 936. The molecular weight excluding hydrogens is 426 g/mol. The van der Waals surface area contributed by atoms with E-state index >= 15 is 0 Å². The number of unbranched alkanes of at least 4 members (excludes halogenated alkanes) is 1. The highest BCUT2D eigenvalue weighted by molar-refractivity contribution is 5.94. The van der Waals surface area contributed by atoms with Gasteiger partial charge in [-0.2, -0.15) is 0 Å². The molecule has 9 heteroatoms. The Kier molecular flexibility index (Phi) is 9.88. The highest BCUT2D eigenvalue weighted by atomic mass is 16.8. The second kappa shape index (κ2) is 12.8. The molecule has 2 N–H and O–H groups in total. The number of benzene rings is 2. The number of nitrogens with zero attached hydrogens (tertiary/aromatic N) is 2. The van der Waals surface area contributed by atoms with E-state index in [1.54, 1.807) is 54.6 Å². The van der Waals surface area contributed by atoms with Gasteiger partial charge in [-0.15, -0.1) is 0 Å². The third kappa shape index (κ3) is 7.95. The molecule has 0 aliphatic carbocycles. The number of carboxylic acid groups (broad SMARTS) is 1. The van der Waals surface area contributed by atoms with Crippen molar-refractivity contribution < 1.29 is 29.1 Å². The highest BCUT2D eigenvalue weighted by Crippen LogP contribution is 2.13. The standard InChI is InChI=1S/C24H29N3O6/c1-3-4-15-32-24(31)27(33-21(28)17-19-13-9-6-10-14-19)23(25)26(2)20(22(29)30)16-18-11-7-5-8-12-18/h5-14,20,25H,3-4,15-17H2,1-2H3,(H,29,30). The van der Waals surface area contributed by atoms with E-state index in [0.29, 0.717) is 17.0 Å². The molecule has 176 valence electrons. The summed E-state index contributed by atoms with van der Waals surface area (Å²) in [5.41, 5.74) is 1.40. The number of nitrogens with one attached hydrogen (secondary N) is 1. The van der Waals surface area contributed by atoms with Crippen molar-refractivity contribution in [2.24, 2.45) is 0 Å². The number of ether oxygens (including phenoxy) is 1. The van der Waals surface area contributed by atoms with Crippen molar-refractivity contribution in [2.75, 3.05) is 13.7 Å². The number of likely N-dealkylation sites (N-methyl/N-ethyl adjacent to an activating group) is 1. The van der Waals surface area contributed by atoms with Gasteiger partial charge in [0.2, 0.25) is 5.96 Å². The van der Waals surface area contributed by atoms with Gasteiger partial charge in [-0.05, 0) is 17.5 Å². The number of amides is 1. The Morgan fingerprint density at radius 2 is 1.58 bits per heavy atom. The number of hydrogen-bond donors (Lipinski definition) is 2. The van der Waals surface area contributed by atoms with Gasteiger partial charge in [-0.25, -0.2) is 14.4 Å². The number of hydroxylamine groups is 2. The summed E-state index contributed by atoms with van der Waals surface area (Å²) in [6.45, 7) is 1.99. The van der Waals surface area contributed by atoms with E-state index in [1.807, 2.05) is 13.0 Å². The van der Waals surface area contributed by atoms with Crippen LogP contribution in [0.5, 0.6) is 0 Å². The number of aliphatic carboxylic acids is 1. The van der Waals surface area contributed by atoms with Crippen molar-refractivity contribution in [3.63, 3.8) is 0 Å². The second-order valence-electron chi connectivity index (χ2n) is 7.37. The van der Waals surface area contributed by atoms with Gasteiger partial charge in [0.05, 0.1) is 13.0 Å². The molecule has 0 saturated heterocycles. The fourth-order valence-corrected chi connectivity index (χ4v) is 2.94. The van der Waals surface area contributed by atoms with Gasteiger partial charge in [0.15, 0.2) is 0 Å². The first kappa shape index (κ1) is 25.4. The monoisotopic (exact) mass is 455 g/mol. The molecule has 0 radical (unpaired) electrons. The molecule has 0 heterocycles. The van der Waals surface area contributed by atoms with E-state index in [1.165, 1.54) is 7.05 Å². The summed E-state index contributed by atoms with van der Waals surface area (Å²) in [5.74, 6) is -2.61. The molecular formula is C24H29N3O6. The molecule has 1 unspecified atom stereocenters. The Hall–Kier alpha value is -3.88. The van der Waals surface area contributed by atoms with Gasteiger partial charge in [-0.1, -0.05) is 79.1 Å². The minimum atomic E-state index is -1.19. The minimum Gasteiger partial charge on any atom is -0.480 e. The summed E-state index contributed by atoms with van der Waals surface area (Å²) in [7, 11) is 1.35. The van der Waals surface area contributed by atoms with Crippen molar-refractivity contribution in [1.29, 1.82) is 5.41 Å². The van der Waals surface area contributed by atoms with E-state index in [4.69, 9.17) is 15.0 Å². The van der Waals surface area contributed by atoms with Crippen molar-refractivity contribution in [1.82, 2.24) is 9.96 Å². The van der Waals surface area contributed by atoms with Crippen LogP contribution in [0.25, 0.3) is 0 Å². The number of carbonyl (C=O) groups excluding carboxylic acids is 2. The Morgan fingerprint density at radius 3 is 2.12 bits per heavy atom. The highest BCUT2D eigenvalue weighted by Gasteiger charge is 2.33. The number of hydrogen-bond acceptors (Lipinski definition) is 6. The zero-order chi connectivity index (χ0) is 24.2. The molecule has 0 bridgehead atoms.